The minimum Gasteiger partial charge on any atom is -0.405 e. The number of halogens is 3. The van der Waals surface area contributed by atoms with Crippen molar-refractivity contribution in [2.24, 2.45) is 4.99 Å². The van der Waals surface area contributed by atoms with Crippen LogP contribution in [-0.2, 0) is 6.54 Å². The number of para-hydroxylation sites is 1. The molecule has 4 nitrogen and oxygen atoms in total. The number of nitrogens with zero attached hydrogens (tertiary/aromatic N) is 2. The molecule has 0 saturated carbocycles. The Morgan fingerprint density at radius 1 is 1.30 bits per heavy atom. The van der Waals surface area contributed by atoms with Gasteiger partial charge >= 0.3 is 6.36 Å². The molecule has 0 aliphatic carbocycles. The normalized spacial score (nSPS) is 12.2. The lowest BCUT2D eigenvalue weighted by Gasteiger charge is -2.17. The second-order valence-electron chi connectivity index (χ2n) is 4.22. The number of ether oxygens (including phenoxy) is 1. The first-order valence-electron chi connectivity index (χ1n) is 6.12. The zero-order valence-electron chi connectivity index (χ0n) is 11.7. The Bertz CT molecular complexity index is 458. The second kappa shape index (κ2) is 7.02. The van der Waals surface area contributed by atoms with Gasteiger partial charge in [-0.3, -0.25) is 0 Å². The van der Waals surface area contributed by atoms with Crippen LogP contribution in [0, 0.1) is 0 Å². The van der Waals surface area contributed by atoms with Gasteiger partial charge in [-0.25, -0.2) is 4.99 Å². The van der Waals surface area contributed by atoms with Crippen LogP contribution in [0.3, 0.4) is 0 Å². The fourth-order valence-corrected chi connectivity index (χ4v) is 1.53. The first-order chi connectivity index (χ1) is 9.33. The smallest absolute Gasteiger partial charge is 0.405 e. The molecule has 0 amide bonds. The lowest BCUT2D eigenvalue weighted by atomic mass is 10.2. The highest BCUT2D eigenvalue weighted by atomic mass is 19.4. The quantitative estimate of drug-likeness (QED) is 0.684. The maximum atomic E-state index is 12.3. The summed E-state index contributed by atoms with van der Waals surface area (Å²) in [5.41, 5.74) is 0.377. The highest BCUT2D eigenvalue weighted by molar-refractivity contribution is 5.79. The summed E-state index contributed by atoms with van der Waals surface area (Å²) in [6.07, 6.45) is -4.70. The molecule has 1 aromatic rings. The summed E-state index contributed by atoms with van der Waals surface area (Å²) in [5, 5.41) is 3.03. The van der Waals surface area contributed by atoms with Crippen LogP contribution < -0.4 is 10.1 Å². The third-order valence-electron chi connectivity index (χ3n) is 2.36. The summed E-state index contributed by atoms with van der Waals surface area (Å²) in [5.74, 6) is 0.382. The van der Waals surface area contributed by atoms with E-state index in [4.69, 9.17) is 0 Å². The van der Waals surface area contributed by atoms with E-state index in [-0.39, 0.29) is 12.3 Å². The summed E-state index contributed by atoms with van der Waals surface area (Å²) in [7, 11) is 3.61. The van der Waals surface area contributed by atoms with Gasteiger partial charge in [-0.15, -0.1) is 13.2 Å². The van der Waals surface area contributed by atoms with Gasteiger partial charge in [-0.2, -0.15) is 0 Å². The molecule has 0 aliphatic rings. The number of rotatable bonds is 4. The third kappa shape index (κ3) is 5.38. The summed E-state index contributed by atoms with van der Waals surface area (Å²) in [4.78, 5) is 6.02. The minimum absolute atomic E-state index is 0.104. The maximum Gasteiger partial charge on any atom is 0.573 e. The van der Waals surface area contributed by atoms with E-state index >= 15 is 0 Å². The van der Waals surface area contributed by atoms with E-state index in [1.54, 1.807) is 31.1 Å². The average molecular weight is 289 g/mol. The van der Waals surface area contributed by atoms with Crippen LogP contribution in [0.5, 0.6) is 5.75 Å². The Kier molecular flexibility index (Phi) is 5.66. The summed E-state index contributed by atoms with van der Waals surface area (Å²) >= 11 is 0. The molecule has 0 aromatic heterocycles. The largest absolute Gasteiger partial charge is 0.573 e. The van der Waals surface area contributed by atoms with Crippen molar-refractivity contribution >= 4 is 5.96 Å². The van der Waals surface area contributed by atoms with Gasteiger partial charge in [0.1, 0.15) is 5.75 Å². The molecule has 1 N–H and O–H groups in total. The van der Waals surface area contributed by atoms with Crippen molar-refractivity contribution < 1.29 is 17.9 Å². The zero-order valence-corrected chi connectivity index (χ0v) is 11.7. The molecular formula is C13H18F3N3O. The predicted molar refractivity (Wildman–Crippen MR) is 71.6 cm³/mol. The van der Waals surface area contributed by atoms with Crippen LogP contribution in [0.15, 0.2) is 29.3 Å². The third-order valence-corrected chi connectivity index (χ3v) is 2.36. The topological polar surface area (TPSA) is 36.9 Å². The van der Waals surface area contributed by atoms with E-state index in [9.17, 15) is 13.2 Å². The molecule has 112 valence electrons. The first kappa shape index (κ1) is 16.1. The highest BCUT2D eigenvalue weighted by Crippen LogP contribution is 2.26. The van der Waals surface area contributed by atoms with E-state index in [0.29, 0.717) is 18.1 Å². The Labute approximate surface area is 116 Å². The lowest BCUT2D eigenvalue weighted by Crippen LogP contribution is -2.36. The summed E-state index contributed by atoms with van der Waals surface area (Å²) < 4.78 is 40.9. The molecule has 0 fully saturated rings. The van der Waals surface area contributed by atoms with Crippen LogP contribution in [0.2, 0.25) is 0 Å². The minimum atomic E-state index is -4.70. The fourth-order valence-electron chi connectivity index (χ4n) is 1.53. The molecule has 0 atom stereocenters. The molecule has 0 bridgehead atoms. The fraction of sp³-hybridized carbons (Fsp3) is 0.462. The van der Waals surface area contributed by atoms with E-state index < -0.39 is 6.36 Å². The molecular weight excluding hydrogens is 271 g/mol. The second-order valence-corrected chi connectivity index (χ2v) is 4.22. The van der Waals surface area contributed by atoms with E-state index in [1.807, 2.05) is 6.92 Å². The molecule has 0 unspecified atom stereocenters. The number of aliphatic imine (C=N–C) groups is 1. The molecule has 1 rings (SSSR count). The van der Waals surface area contributed by atoms with E-state index in [0.717, 1.165) is 0 Å². The van der Waals surface area contributed by atoms with Crippen molar-refractivity contribution in [1.29, 1.82) is 0 Å². The van der Waals surface area contributed by atoms with Gasteiger partial charge in [-0.05, 0) is 13.0 Å². The van der Waals surface area contributed by atoms with Crippen molar-refractivity contribution in [1.82, 2.24) is 10.2 Å². The van der Waals surface area contributed by atoms with Gasteiger partial charge in [0.25, 0.3) is 0 Å². The van der Waals surface area contributed by atoms with Crippen molar-refractivity contribution in [2.75, 3.05) is 20.6 Å². The van der Waals surface area contributed by atoms with Crippen molar-refractivity contribution in [3.8, 4) is 5.75 Å². The van der Waals surface area contributed by atoms with Crippen molar-refractivity contribution in [3.63, 3.8) is 0 Å². The summed E-state index contributed by atoms with van der Waals surface area (Å²) in [6, 6.07) is 5.98. The SMILES string of the molecule is CCNC(=NCc1ccccc1OC(F)(F)F)N(C)C. The molecule has 0 saturated heterocycles. The van der Waals surface area contributed by atoms with Gasteiger partial charge in [0, 0.05) is 26.2 Å². The highest BCUT2D eigenvalue weighted by Gasteiger charge is 2.31. The number of guanidine groups is 1. The Balaban J connectivity index is 2.89. The molecule has 7 heteroatoms. The Hall–Kier alpha value is -1.92. The van der Waals surface area contributed by atoms with Gasteiger partial charge in [-0.1, -0.05) is 18.2 Å². The molecule has 0 aliphatic heterocycles. The molecule has 0 heterocycles. The number of hydrogen-bond donors (Lipinski definition) is 1. The number of nitrogens with one attached hydrogen (secondary N) is 1. The van der Waals surface area contributed by atoms with Gasteiger partial charge in [0.05, 0.1) is 6.54 Å². The van der Waals surface area contributed by atoms with Gasteiger partial charge in [0.15, 0.2) is 5.96 Å². The average Bonchev–Trinajstić information content (AvgIpc) is 2.34. The number of alkyl halides is 3. The predicted octanol–water partition coefficient (Wildman–Crippen LogP) is 2.61. The van der Waals surface area contributed by atoms with Crippen LogP contribution in [0.25, 0.3) is 0 Å². The van der Waals surface area contributed by atoms with Crippen LogP contribution in [0.1, 0.15) is 12.5 Å². The monoisotopic (exact) mass is 289 g/mol. The molecule has 0 radical (unpaired) electrons. The molecule has 20 heavy (non-hydrogen) atoms. The summed E-state index contributed by atoms with van der Waals surface area (Å²) in [6.45, 7) is 2.70. The van der Waals surface area contributed by atoms with Gasteiger partial charge < -0.3 is 15.0 Å². The van der Waals surface area contributed by atoms with Crippen LogP contribution in [-0.4, -0.2) is 37.9 Å². The lowest BCUT2D eigenvalue weighted by molar-refractivity contribution is -0.274. The molecule has 0 spiro atoms. The van der Waals surface area contributed by atoms with Crippen molar-refractivity contribution in [2.45, 2.75) is 19.8 Å². The van der Waals surface area contributed by atoms with Crippen molar-refractivity contribution in [3.05, 3.63) is 29.8 Å². The zero-order chi connectivity index (χ0) is 15.2. The number of benzene rings is 1. The van der Waals surface area contributed by atoms with E-state index in [1.165, 1.54) is 12.1 Å². The van der Waals surface area contributed by atoms with E-state index in [2.05, 4.69) is 15.0 Å². The molecule has 1 aromatic carbocycles. The Morgan fingerprint density at radius 2 is 1.95 bits per heavy atom. The van der Waals surface area contributed by atoms with Crippen LogP contribution >= 0.6 is 0 Å². The standard InChI is InChI=1S/C13H18F3N3O/c1-4-17-12(19(2)3)18-9-10-7-5-6-8-11(10)20-13(14,15)16/h5-8H,4,9H2,1-3H3,(H,17,18). The van der Waals surface area contributed by atoms with Gasteiger partial charge in [0.2, 0.25) is 0 Å². The Morgan fingerprint density at radius 3 is 2.50 bits per heavy atom. The first-order valence-corrected chi connectivity index (χ1v) is 6.12. The number of hydrogen-bond acceptors (Lipinski definition) is 2. The maximum absolute atomic E-state index is 12.3. The van der Waals surface area contributed by atoms with Crippen LogP contribution in [0.4, 0.5) is 13.2 Å².